The fourth-order valence-corrected chi connectivity index (χ4v) is 6.77. The van der Waals surface area contributed by atoms with E-state index in [1.54, 1.807) is 4.90 Å². The summed E-state index contributed by atoms with van der Waals surface area (Å²) in [6.07, 6.45) is 6.98. The number of benzene rings is 1. The number of carbonyl (C=O) groups excluding carboxylic acids is 5. The van der Waals surface area contributed by atoms with Crippen LogP contribution in [0.2, 0.25) is 0 Å². The van der Waals surface area contributed by atoms with Gasteiger partial charge in [0.05, 0.1) is 6.04 Å². The Bertz CT molecular complexity index is 1220. The second-order valence-electron chi connectivity index (χ2n) is 14.9. The number of hydrogen-bond acceptors (Lipinski definition) is 5. The SMILES string of the molecule is CC(C)C[C@@H]1C[C@@H](C(=O)NC(CC2CC2)C(=O)C(N)=O)N(C(=O)[C@@H](NC(=O)NC2(Cc3ccccc3)CCC2)C(C)(C)C)C1. The number of nitrogens with zero attached hydrogens (tertiary/aromatic N) is 1. The standard InChI is InChI=1S/C34H51N5O5/c1-21(2)16-24-18-26(30(42)36-25(17-22-12-13-22)27(40)29(35)41)39(20-24)31(43)28(33(3,4)5)37-32(44)38-34(14-9-15-34)19-23-10-7-6-8-11-23/h6-8,10-11,21-22,24-26,28H,9,12-20H2,1-5H3,(H2,35,41)(H,36,42)(H2,37,38,44)/t24-,25?,26+,28-/m1/s1. The van der Waals surface area contributed by atoms with E-state index in [0.717, 1.165) is 44.1 Å². The molecule has 1 aromatic rings. The average molecular weight is 610 g/mol. The van der Waals surface area contributed by atoms with E-state index in [4.69, 9.17) is 5.73 Å². The predicted molar refractivity (Wildman–Crippen MR) is 168 cm³/mol. The van der Waals surface area contributed by atoms with Crippen molar-refractivity contribution in [2.24, 2.45) is 28.9 Å². The molecule has 0 aromatic heterocycles. The molecule has 0 radical (unpaired) electrons. The Morgan fingerprint density at radius 3 is 2.16 bits per heavy atom. The Kier molecular flexibility index (Phi) is 10.4. The molecule has 3 fully saturated rings. The van der Waals surface area contributed by atoms with Gasteiger partial charge in [0.1, 0.15) is 12.1 Å². The number of hydrogen-bond donors (Lipinski definition) is 4. The number of Topliss-reactive ketones (excluding diaryl/α,β-unsaturated/α-hetero) is 1. The first-order valence-electron chi connectivity index (χ1n) is 16.2. The Morgan fingerprint density at radius 1 is 0.977 bits per heavy atom. The van der Waals surface area contributed by atoms with E-state index >= 15 is 0 Å². The zero-order chi connectivity index (χ0) is 32.2. The third-order valence-electron chi connectivity index (χ3n) is 9.38. The molecular formula is C34H51N5O5. The van der Waals surface area contributed by atoms with Crippen molar-refractivity contribution in [3.8, 4) is 0 Å². The van der Waals surface area contributed by atoms with E-state index in [2.05, 4.69) is 41.9 Å². The van der Waals surface area contributed by atoms with E-state index < -0.39 is 47.2 Å². The molecule has 5 amide bonds. The molecule has 4 rings (SSSR count). The van der Waals surface area contributed by atoms with Crippen LogP contribution in [0.4, 0.5) is 4.79 Å². The first-order valence-corrected chi connectivity index (χ1v) is 16.2. The van der Waals surface area contributed by atoms with Gasteiger partial charge >= 0.3 is 6.03 Å². The summed E-state index contributed by atoms with van der Waals surface area (Å²) in [5.41, 5.74) is 5.44. The van der Waals surface area contributed by atoms with Crippen LogP contribution in [0.25, 0.3) is 0 Å². The van der Waals surface area contributed by atoms with Crippen LogP contribution in [0.5, 0.6) is 0 Å². The molecule has 1 aromatic carbocycles. The lowest BCUT2D eigenvalue weighted by molar-refractivity contribution is -0.143. The van der Waals surface area contributed by atoms with Crippen LogP contribution in [0, 0.1) is 23.2 Å². The monoisotopic (exact) mass is 609 g/mol. The molecule has 5 N–H and O–H groups in total. The summed E-state index contributed by atoms with van der Waals surface area (Å²) in [5.74, 6) is -1.96. The van der Waals surface area contributed by atoms with Crippen LogP contribution in [-0.4, -0.2) is 64.6 Å². The number of rotatable bonds is 13. The third kappa shape index (κ3) is 8.60. The van der Waals surface area contributed by atoms with Crippen LogP contribution in [0.1, 0.15) is 91.5 Å². The van der Waals surface area contributed by atoms with Gasteiger partial charge in [-0.25, -0.2) is 4.79 Å². The highest BCUT2D eigenvalue weighted by atomic mass is 16.2. The number of nitrogens with two attached hydrogens (primary N) is 1. The largest absolute Gasteiger partial charge is 0.363 e. The lowest BCUT2D eigenvalue weighted by Gasteiger charge is -2.44. The summed E-state index contributed by atoms with van der Waals surface area (Å²) >= 11 is 0. The van der Waals surface area contributed by atoms with Crippen molar-refractivity contribution in [3.63, 3.8) is 0 Å². The fourth-order valence-electron chi connectivity index (χ4n) is 6.77. The summed E-state index contributed by atoms with van der Waals surface area (Å²) in [7, 11) is 0. The molecule has 1 saturated heterocycles. The van der Waals surface area contributed by atoms with Gasteiger partial charge in [-0.1, -0.05) is 77.8 Å². The summed E-state index contributed by atoms with van der Waals surface area (Å²) in [4.78, 5) is 67.4. The highest BCUT2D eigenvalue weighted by Crippen LogP contribution is 2.36. The van der Waals surface area contributed by atoms with Crippen LogP contribution < -0.4 is 21.7 Å². The maximum Gasteiger partial charge on any atom is 0.315 e. The van der Waals surface area contributed by atoms with Crippen LogP contribution >= 0.6 is 0 Å². The first kappa shape index (κ1) is 33.5. The van der Waals surface area contributed by atoms with E-state index in [-0.39, 0.29) is 23.3 Å². The van der Waals surface area contributed by atoms with Gasteiger partial charge in [-0.05, 0) is 73.7 Å². The van der Waals surface area contributed by atoms with Gasteiger partial charge in [0.2, 0.25) is 17.6 Å². The van der Waals surface area contributed by atoms with Gasteiger partial charge in [-0.15, -0.1) is 0 Å². The van der Waals surface area contributed by atoms with Gasteiger partial charge in [0.15, 0.2) is 0 Å². The maximum absolute atomic E-state index is 14.3. The maximum atomic E-state index is 14.3. The van der Waals surface area contributed by atoms with E-state index in [1.807, 2.05) is 39.0 Å². The second kappa shape index (κ2) is 13.7. The molecule has 242 valence electrons. The highest BCUT2D eigenvalue weighted by molar-refractivity contribution is 6.37. The van der Waals surface area contributed by atoms with Gasteiger partial charge in [0, 0.05) is 12.1 Å². The molecule has 0 bridgehead atoms. The Balaban J connectivity index is 1.51. The van der Waals surface area contributed by atoms with Crippen LogP contribution in [0.15, 0.2) is 30.3 Å². The number of ketones is 1. The molecule has 10 nitrogen and oxygen atoms in total. The minimum atomic E-state index is -1.08. The average Bonchev–Trinajstić information content (AvgIpc) is 3.65. The molecule has 2 saturated carbocycles. The molecule has 1 aliphatic heterocycles. The van der Waals surface area contributed by atoms with Crippen molar-refractivity contribution < 1.29 is 24.0 Å². The Morgan fingerprint density at radius 2 is 1.64 bits per heavy atom. The van der Waals surface area contributed by atoms with E-state index in [9.17, 15) is 24.0 Å². The van der Waals surface area contributed by atoms with Gasteiger partial charge in [0.25, 0.3) is 5.91 Å². The predicted octanol–water partition coefficient (Wildman–Crippen LogP) is 3.47. The molecule has 0 spiro atoms. The van der Waals surface area contributed by atoms with Gasteiger partial charge < -0.3 is 26.6 Å². The lowest BCUT2D eigenvalue weighted by Crippen LogP contribution is -2.63. The number of carbonyl (C=O) groups is 5. The Hall–Kier alpha value is -3.43. The normalized spacial score (nSPS) is 22.5. The number of urea groups is 1. The minimum Gasteiger partial charge on any atom is -0.363 e. The Labute approximate surface area is 261 Å². The minimum absolute atomic E-state index is 0.0852. The topological polar surface area (TPSA) is 151 Å². The first-order chi connectivity index (χ1) is 20.7. The number of primary amides is 1. The van der Waals surface area contributed by atoms with E-state index in [1.165, 1.54) is 0 Å². The molecule has 44 heavy (non-hydrogen) atoms. The quantitative estimate of drug-likeness (QED) is 0.253. The van der Waals surface area contributed by atoms with Crippen molar-refractivity contribution in [1.29, 1.82) is 0 Å². The van der Waals surface area contributed by atoms with E-state index in [0.29, 0.717) is 31.7 Å². The zero-order valence-electron chi connectivity index (χ0n) is 27.0. The third-order valence-corrected chi connectivity index (χ3v) is 9.38. The number of likely N-dealkylation sites (tertiary alicyclic amines) is 1. The number of nitrogens with one attached hydrogen (secondary N) is 3. The molecule has 4 atom stereocenters. The van der Waals surface area contributed by atoms with Gasteiger partial charge in [-0.2, -0.15) is 0 Å². The molecule has 1 heterocycles. The van der Waals surface area contributed by atoms with Crippen LogP contribution in [-0.2, 0) is 25.6 Å². The van der Waals surface area contributed by atoms with Gasteiger partial charge in [-0.3, -0.25) is 19.2 Å². The summed E-state index contributed by atoms with van der Waals surface area (Å²) in [5, 5.41) is 8.94. The fraction of sp³-hybridized carbons (Fsp3) is 0.676. The zero-order valence-corrected chi connectivity index (χ0v) is 27.0. The molecule has 3 aliphatic rings. The summed E-state index contributed by atoms with van der Waals surface area (Å²) < 4.78 is 0. The van der Waals surface area contributed by atoms with Crippen molar-refractivity contribution >= 4 is 29.5 Å². The van der Waals surface area contributed by atoms with Crippen LogP contribution in [0.3, 0.4) is 0 Å². The lowest BCUT2D eigenvalue weighted by atomic mass is 9.73. The molecule has 2 aliphatic carbocycles. The highest BCUT2D eigenvalue weighted by Gasteiger charge is 2.47. The van der Waals surface area contributed by atoms with Crippen molar-refractivity contribution in [3.05, 3.63) is 35.9 Å². The van der Waals surface area contributed by atoms with Crippen molar-refractivity contribution in [2.75, 3.05) is 6.54 Å². The molecular weight excluding hydrogens is 558 g/mol. The number of amides is 5. The smallest absolute Gasteiger partial charge is 0.315 e. The summed E-state index contributed by atoms with van der Waals surface area (Å²) in [6.45, 7) is 10.3. The van der Waals surface area contributed by atoms with Crippen molar-refractivity contribution in [2.45, 2.75) is 116 Å². The second-order valence-corrected chi connectivity index (χ2v) is 14.9. The summed E-state index contributed by atoms with van der Waals surface area (Å²) in [6, 6.07) is 6.95. The van der Waals surface area contributed by atoms with Crippen molar-refractivity contribution in [1.82, 2.24) is 20.9 Å². The molecule has 10 heteroatoms. The molecule has 1 unspecified atom stereocenters.